The van der Waals surface area contributed by atoms with Crippen LogP contribution in [0.15, 0.2) is 11.8 Å². The molecule has 1 N–H and O–H groups in total. The highest BCUT2D eigenvalue weighted by Gasteiger charge is 2.34. The first-order chi connectivity index (χ1) is 9.56. The first kappa shape index (κ1) is 16.5. The molecule has 0 aromatic carbocycles. The summed E-state index contributed by atoms with van der Waals surface area (Å²) in [6.07, 6.45) is 7.17. The lowest BCUT2D eigenvalue weighted by atomic mass is 9.66. The van der Waals surface area contributed by atoms with E-state index in [1.54, 1.807) is 0 Å². The zero-order valence-electron chi connectivity index (χ0n) is 12.7. The second kappa shape index (κ2) is 7.92. The van der Waals surface area contributed by atoms with Gasteiger partial charge in [0.15, 0.2) is 0 Å². The second-order valence-corrected chi connectivity index (χ2v) is 5.23. The van der Waals surface area contributed by atoms with Gasteiger partial charge in [-0.1, -0.05) is 26.7 Å². The molecule has 20 heavy (non-hydrogen) atoms. The van der Waals surface area contributed by atoms with Crippen LogP contribution in [0.3, 0.4) is 0 Å². The van der Waals surface area contributed by atoms with Gasteiger partial charge in [-0.3, -0.25) is 5.32 Å². The number of hydrogen-bond acceptors (Lipinski definition) is 4. The number of alkyl carbamates (subject to hydrolysis) is 1. The molecule has 1 saturated carbocycles. The third-order valence-corrected chi connectivity index (χ3v) is 3.88. The van der Waals surface area contributed by atoms with Gasteiger partial charge in [0.1, 0.15) is 5.70 Å². The van der Waals surface area contributed by atoms with E-state index in [4.69, 9.17) is 9.47 Å². The Balaban J connectivity index is 2.67. The molecule has 1 rings (SSSR count). The normalized spacial score (nSPS) is 17.1. The summed E-state index contributed by atoms with van der Waals surface area (Å²) in [5, 5.41) is 2.51. The summed E-state index contributed by atoms with van der Waals surface area (Å²) in [6.45, 7) is 4.46. The average Bonchev–Trinajstić information content (AvgIpc) is 2.41. The maximum Gasteiger partial charge on any atom is 0.411 e. The van der Waals surface area contributed by atoms with Crippen molar-refractivity contribution in [2.75, 3.05) is 13.7 Å². The topological polar surface area (TPSA) is 64.6 Å². The van der Waals surface area contributed by atoms with E-state index < -0.39 is 12.1 Å². The summed E-state index contributed by atoms with van der Waals surface area (Å²) in [4.78, 5) is 23.4. The lowest BCUT2D eigenvalue weighted by Crippen LogP contribution is -2.33. The molecule has 0 aromatic rings. The molecule has 0 saturated heterocycles. The Labute approximate surface area is 120 Å². The van der Waals surface area contributed by atoms with Gasteiger partial charge in [0, 0.05) is 0 Å². The van der Waals surface area contributed by atoms with E-state index in [0.717, 1.165) is 38.5 Å². The Bertz CT molecular complexity index is 367. The number of carbonyl (C=O) groups excluding carboxylic acids is 2. The van der Waals surface area contributed by atoms with Gasteiger partial charge in [0.05, 0.1) is 13.7 Å². The number of nitrogens with one attached hydrogen (secondary N) is 1. The molecular weight excluding hydrogens is 258 g/mol. The van der Waals surface area contributed by atoms with Gasteiger partial charge in [0.25, 0.3) is 0 Å². The van der Waals surface area contributed by atoms with Crippen LogP contribution in [0.5, 0.6) is 0 Å². The van der Waals surface area contributed by atoms with Gasteiger partial charge < -0.3 is 9.47 Å². The number of hydrogen-bond donors (Lipinski definition) is 1. The van der Waals surface area contributed by atoms with Crippen LogP contribution in [-0.2, 0) is 14.3 Å². The number of unbranched alkanes of at least 4 members (excludes halogenated alkanes) is 1. The molecule has 0 radical (unpaired) electrons. The van der Waals surface area contributed by atoms with Crippen LogP contribution in [0.25, 0.3) is 0 Å². The monoisotopic (exact) mass is 283 g/mol. The van der Waals surface area contributed by atoms with E-state index >= 15 is 0 Å². The second-order valence-electron chi connectivity index (χ2n) is 5.23. The van der Waals surface area contributed by atoms with Crippen molar-refractivity contribution < 1.29 is 19.1 Å². The smallest absolute Gasteiger partial charge is 0.411 e. The summed E-state index contributed by atoms with van der Waals surface area (Å²) in [7, 11) is 1.31. The van der Waals surface area contributed by atoms with Crippen molar-refractivity contribution in [1.29, 1.82) is 0 Å². The van der Waals surface area contributed by atoms with Gasteiger partial charge in [-0.15, -0.1) is 0 Å². The number of ether oxygens (including phenoxy) is 2. The van der Waals surface area contributed by atoms with Crippen molar-refractivity contribution in [2.45, 2.75) is 52.4 Å². The quantitative estimate of drug-likeness (QED) is 0.443. The van der Waals surface area contributed by atoms with Crippen LogP contribution in [0, 0.1) is 5.41 Å². The molecule has 0 atom stereocenters. The molecule has 0 aliphatic heterocycles. The zero-order chi connectivity index (χ0) is 15.0. The van der Waals surface area contributed by atoms with Crippen molar-refractivity contribution in [3.8, 4) is 0 Å². The Kier molecular flexibility index (Phi) is 6.55. The molecule has 1 fully saturated rings. The predicted octanol–water partition coefficient (Wildman–Crippen LogP) is 3.15. The molecule has 114 valence electrons. The van der Waals surface area contributed by atoms with E-state index in [0.29, 0.717) is 6.61 Å². The standard InChI is InChI=1S/C15H25NO4/c1-4-6-10-20-14(18)16-12(13(17)19-3)11-15(5-2)8-7-9-15/h11H,4-10H2,1-3H3,(H,16,18). The minimum atomic E-state index is -0.597. The minimum Gasteiger partial charge on any atom is -0.464 e. The highest BCUT2D eigenvalue weighted by molar-refractivity contribution is 5.92. The van der Waals surface area contributed by atoms with Crippen LogP contribution in [-0.4, -0.2) is 25.8 Å². The first-order valence-electron chi connectivity index (χ1n) is 7.32. The van der Waals surface area contributed by atoms with E-state index in [2.05, 4.69) is 12.2 Å². The molecule has 5 nitrogen and oxygen atoms in total. The molecule has 0 heterocycles. The maximum absolute atomic E-state index is 11.8. The van der Waals surface area contributed by atoms with Gasteiger partial charge in [-0.2, -0.15) is 0 Å². The first-order valence-corrected chi connectivity index (χ1v) is 7.32. The number of esters is 1. The third-order valence-electron chi connectivity index (χ3n) is 3.88. The largest absolute Gasteiger partial charge is 0.464 e. The van der Waals surface area contributed by atoms with Crippen LogP contribution < -0.4 is 5.32 Å². The minimum absolute atomic E-state index is 0.0141. The lowest BCUT2D eigenvalue weighted by molar-refractivity contribution is -0.136. The summed E-state index contributed by atoms with van der Waals surface area (Å²) in [5.74, 6) is -0.530. The number of rotatable bonds is 7. The summed E-state index contributed by atoms with van der Waals surface area (Å²) in [5.41, 5.74) is 0.204. The van der Waals surface area contributed by atoms with Crippen LogP contribution >= 0.6 is 0 Å². The number of carbonyl (C=O) groups is 2. The molecule has 5 heteroatoms. The van der Waals surface area contributed by atoms with Crippen molar-refractivity contribution in [2.24, 2.45) is 5.41 Å². The van der Waals surface area contributed by atoms with E-state index in [9.17, 15) is 9.59 Å². The predicted molar refractivity (Wildman–Crippen MR) is 76.1 cm³/mol. The Morgan fingerprint density at radius 3 is 2.45 bits per heavy atom. The van der Waals surface area contributed by atoms with Crippen molar-refractivity contribution in [1.82, 2.24) is 5.32 Å². The molecule has 0 unspecified atom stereocenters. The van der Waals surface area contributed by atoms with Crippen LogP contribution in [0.2, 0.25) is 0 Å². The number of allylic oxidation sites excluding steroid dienone is 1. The van der Waals surface area contributed by atoms with Gasteiger partial charge in [0.2, 0.25) is 0 Å². The molecule has 0 aromatic heterocycles. The van der Waals surface area contributed by atoms with Gasteiger partial charge in [-0.05, 0) is 37.2 Å². The number of methoxy groups -OCH3 is 1. The van der Waals surface area contributed by atoms with Crippen LogP contribution in [0.1, 0.15) is 52.4 Å². The van der Waals surface area contributed by atoms with Crippen molar-refractivity contribution in [3.05, 3.63) is 11.8 Å². The fourth-order valence-electron chi connectivity index (χ4n) is 2.25. The van der Waals surface area contributed by atoms with Crippen molar-refractivity contribution in [3.63, 3.8) is 0 Å². The number of amides is 1. The summed E-state index contributed by atoms with van der Waals surface area (Å²) in [6, 6.07) is 0. The van der Waals surface area contributed by atoms with Crippen molar-refractivity contribution >= 4 is 12.1 Å². The lowest BCUT2D eigenvalue weighted by Gasteiger charge is -2.39. The molecule has 1 amide bonds. The molecule has 1 aliphatic carbocycles. The zero-order valence-corrected chi connectivity index (χ0v) is 12.7. The summed E-state index contributed by atoms with van der Waals surface area (Å²) >= 11 is 0. The molecule has 1 aliphatic rings. The van der Waals surface area contributed by atoms with E-state index in [-0.39, 0.29) is 11.1 Å². The average molecular weight is 283 g/mol. The Morgan fingerprint density at radius 1 is 1.30 bits per heavy atom. The van der Waals surface area contributed by atoms with Gasteiger partial charge in [-0.25, -0.2) is 9.59 Å². The highest BCUT2D eigenvalue weighted by Crippen LogP contribution is 2.45. The fraction of sp³-hybridized carbons (Fsp3) is 0.733. The van der Waals surface area contributed by atoms with Crippen LogP contribution in [0.4, 0.5) is 4.79 Å². The highest BCUT2D eigenvalue weighted by atomic mass is 16.6. The third kappa shape index (κ3) is 4.54. The molecule has 0 bridgehead atoms. The van der Waals surface area contributed by atoms with E-state index in [1.807, 2.05) is 13.0 Å². The molecule has 0 spiro atoms. The SMILES string of the molecule is CCCCOC(=O)NC(=CC1(CC)CCC1)C(=O)OC. The Morgan fingerprint density at radius 2 is 2.00 bits per heavy atom. The van der Waals surface area contributed by atoms with Gasteiger partial charge >= 0.3 is 12.1 Å². The fourth-order valence-corrected chi connectivity index (χ4v) is 2.25. The molecular formula is C15H25NO4. The Hall–Kier alpha value is -1.52. The van der Waals surface area contributed by atoms with E-state index in [1.165, 1.54) is 7.11 Å². The summed E-state index contributed by atoms with van der Waals surface area (Å²) < 4.78 is 9.73. The maximum atomic E-state index is 11.8.